The van der Waals surface area contributed by atoms with Crippen molar-refractivity contribution >= 4 is 27.3 Å². The molecule has 6 nitrogen and oxygen atoms in total. The van der Waals surface area contributed by atoms with E-state index in [-0.39, 0.29) is 11.9 Å². The summed E-state index contributed by atoms with van der Waals surface area (Å²) in [7, 11) is -3.46. The van der Waals surface area contributed by atoms with Gasteiger partial charge in [-0.25, -0.2) is 13.1 Å². The molecule has 0 aromatic carbocycles. The molecule has 152 valence electrons. The molecule has 1 aromatic heterocycles. The predicted molar refractivity (Wildman–Crippen MR) is 108 cm³/mol. The molecule has 1 aromatic rings. The van der Waals surface area contributed by atoms with E-state index in [2.05, 4.69) is 14.9 Å². The predicted octanol–water partition coefficient (Wildman–Crippen LogP) is 2.22. The minimum Gasteiger partial charge on any atom is -0.356 e. The number of amides is 1. The number of carbonyl (C=O) groups excluding carboxylic acids is 1. The number of rotatable bonds is 10. The minimum atomic E-state index is -3.46. The summed E-state index contributed by atoms with van der Waals surface area (Å²) in [5.41, 5.74) is 0. The highest BCUT2D eigenvalue weighted by molar-refractivity contribution is 7.91. The van der Waals surface area contributed by atoms with Gasteiger partial charge in [0.25, 0.3) is 0 Å². The number of hydrogen-bond donors (Lipinski definition) is 2. The fourth-order valence-electron chi connectivity index (χ4n) is 3.44. The first-order chi connectivity index (χ1) is 12.8. The van der Waals surface area contributed by atoms with E-state index in [0.29, 0.717) is 29.5 Å². The topological polar surface area (TPSA) is 78.5 Å². The number of sulfonamides is 1. The first kappa shape index (κ1) is 20.8. The van der Waals surface area contributed by atoms with Gasteiger partial charge >= 0.3 is 0 Å². The van der Waals surface area contributed by atoms with Gasteiger partial charge < -0.3 is 10.2 Å². The van der Waals surface area contributed by atoms with E-state index in [1.54, 1.807) is 6.07 Å². The largest absolute Gasteiger partial charge is 0.356 e. The van der Waals surface area contributed by atoms with Crippen molar-refractivity contribution in [1.82, 2.24) is 14.9 Å². The lowest BCUT2D eigenvalue weighted by Gasteiger charge is -2.16. The van der Waals surface area contributed by atoms with Crippen molar-refractivity contribution < 1.29 is 13.2 Å². The summed E-state index contributed by atoms with van der Waals surface area (Å²) in [6.45, 7) is 7.48. The number of thiophene rings is 1. The highest BCUT2D eigenvalue weighted by Crippen LogP contribution is 2.31. The number of carbonyl (C=O) groups is 1. The third kappa shape index (κ3) is 6.55. The van der Waals surface area contributed by atoms with Crippen LogP contribution >= 0.6 is 11.3 Å². The van der Waals surface area contributed by atoms with Gasteiger partial charge in [0.05, 0.1) is 0 Å². The summed E-state index contributed by atoms with van der Waals surface area (Å²) < 4.78 is 28.6. The average molecular weight is 414 g/mol. The summed E-state index contributed by atoms with van der Waals surface area (Å²) in [5, 5.41) is 2.89. The average Bonchev–Trinajstić information content (AvgIpc) is 3.06. The molecule has 3 rings (SSSR count). The maximum atomic E-state index is 12.7. The zero-order valence-corrected chi connectivity index (χ0v) is 17.9. The Morgan fingerprint density at radius 3 is 2.78 bits per heavy atom. The number of hydrogen-bond acceptors (Lipinski definition) is 5. The van der Waals surface area contributed by atoms with Crippen LogP contribution in [0.4, 0.5) is 0 Å². The highest BCUT2D eigenvalue weighted by Gasteiger charge is 2.31. The summed E-state index contributed by atoms with van der Waals surface area (Å²) in [6, 6.07) is 3.53. The van der Waals surface area contributed by atoms with Crippen LogP contribution in [0.5, 0.6) is 0 Å². The number of likely N-dealkylation sites (tertiary alicyclic amines) is 1. The lowest BCUT2D eigenvalue weighted by atomic mass is 10.1. The molecule has 1 aliphatic carbocycles. The quantitative estimate of drug-likeness (QED) is 0.616. The van der Waals surface area contributed by atoms with Crippen LogP contribution in [-0.2, 0) is 21.2 Å². The fourth-order valence-corrected chi connectivity index (χ4v) is 6.08. The monoisotopic (exact) mass is 413 g/mol. The zero-order chi connectivity index (χ0) is 19.4. The van der Waals surface area contributed by atoms with E-state index in [1.807, 2.05) is 19.9 Å². The Balaban J connectivity index is 1.45. The van der Waals surface area contributed by atoms with Crippen LogP contribution in [0, 0.1) is 11.8 Å². The summed E-state index contributed by atoms with van der Waals surface area (Å²) in [4.78, 5) is 15.0. The molecule has 0 bridgehead atoms. The lowest BCUT2D eigenvalue weighted by Crippen LogP contribution is -2.37. The molecule has 2 heterocycles. The van der Waals surface area contributed by atoms with Crippen LogP contribution in [0.3, 0.4) is 0 Å². The normalized spacial score (nSPS) is 21.1. The molecular weight excluding hydrogens is 382 g/mol. The molecule has 1 saturated heterocycles. The third-order valence-electron chi connectivity index (χ3n) is 5.00. The van der Waals surface area contributed by atoms with Gasteiger partial charge in [0.2, 0.25) is 15.9 Å². The van der Waals surface area contributed by atoms with Gasteiger partial charge in [-0.15, -0.1) is 11.3 Å². The van der Waals surface area contributed by atoms with Crippen LogP contribution < -0.4 is 10.0 Å². The Bertz CT molecular complexity index is 741. The van der Waals surface area contributed by atoms with Crippen molar-refractivity contribution in [3.8, 4) is 0 Å². The molecule has 1 amide bonds. The molecule has 0 radical (unpaired) electrons. The molecule has 2 aliphatic rings. The van der Waals surface area contributed by atoms with Crippen molar-refractivity contribution in [2.75, 3.05) is 26.2 Å². The molecule has 1 unspecified atom stereocenters. The fraction of sp³-hybridized carbons (Fsp3) is 0.737. The second-order valence-electron chi connectivity index (χ2n) is 8.23. The van der Waals surface area contributed by atoms with Gasteiger partial charge in [-0.05, 0) is 56.2 Å². The Labute approximate surface area is 166 Å². The van der Waals surface area contributed by atoms with E-state index >= 15 is 0 Å². The second kappa shape index (κ2) is 9.03. The molecule has 2 fully saturated rings. The first-order valence-corrected chi connectivity index (χ1v) is 12.2. The number of nitrogens with zero attached hydrogens (tertiary/aromatic N) is 1. The molecule has 1 aliphatic heterocycles. The highest BCUT2D eigenvalue weighted by atomic mass is 32.2. The summed E-state index contributed by atoms with van der Waals surface area (Å²) in [5.74, 6) is 1.22. The van der Waals surface area contributed by atoms with Crippen molar-refractivity contribution in [3.63, 3.8) is 0 Å². The van der Waals surface area contributed by atoms with Crippen LogP contribution in [0.25, 0.3) is 0 Å². The second-order valence-corrected chi connectivity index (χ2v) is 11.3. The van der Waals surface area contributed by atoms with E-state index in [0.717, 1.165) is 36.9 Å². The van der Waals surface area contributed by atoms with Crippen molar-refractivity contribution in [2.45, 2.75) is 56.2 Å². The minimum absolute atomic E-state index is 0.00891. The van der Waals surface area contributed by atoms with Crippen molar-refractivity contribution in [1.29, 1.82) is 0 Å². The van der Waals surface area contributed by atoms with Gasteiger partial charge in [-0.1, -0.05) is 13.8 Å². The molecule has 1 atom stereocenters. The molecular formula is C19H31N3O3S2. The maximum Gasteiger partial charge on any atom is 0.250 e. The molecule has 1 saturated carbocycles. The van der Waals surface area contributed by atoms with Gasteiger partial charge in [0.15, 0.2) is 0 Å². The SMILES string of the molecule is CC(C)CC(=O)NCCc1ccc(S(=O)(=O)NC2CCN(CC3CC3)C2)s1. The summed E-state index contributed by atoms with van der Waals surface area (Å²) >= 11 is 1.29. The zero-order valence-electron chi connectivity index (χ0n) is 16.2. The van der Waals surface area contributed by atoms with Crippen LogP contribution in [0.1, 0.15) is 44.4 Å². The standard InChI is InChI=1S/C19H31N3O3S2/c1-14(2)11-18(23)20-9-7-17-5-6-19(26-17)27(24,25)21-16-8-10-22(13-16)12-15-3-4-15/h5-6,14-16,21H,3-4,7-13H2,1-2H3,(H,20,23). The third-order valence-corrected chi connectivity index (χ3v) is 8.15. The smallest absolute Gasteiger partial charge is 0.250 e. The Morgan fingerprint density at radius 2 is 2.07 bits per heavy atom. The molecule has 27 heavy (non-hydrogen) atoms. The van der Waals surface area contributed by atoms with E-state index < -0.39 is 10.0 Å². The van der Waals surface area contributed by atoms with E-state index in [9.17, 15) is 13.2 Å². The van der Waals surface area contributed by atoms with Crippen LogP contribution in [-0.4, -0.2) is 51.4 Å². The van der Waals surface area contributed by atoms with Gasteiger partial charge in [0, 0.05) is 37.0 Å². The lowest BCUT2D eigenvalue weighted by molar-refractivity contribution is -0.121. The van der Waals surface area contributed by atoms with Crippen LogP contribution in [0.15, 0.2) is 16.3 Å². The van der Waals surface area contributed by atoms with Crippen molar-refractivity contribution in [2.24, 2.45) is 11.8 Å². The molecule has 0 spiro atoms. The van der Waals surface area contributed by atoms with Crippen molar-refractivity contribution in [3.05, 3.63) is 17.0 Å². The van der Waals surface area contributed by atoms with E-state index in [4.69, 9.17) is 0 Å². The van der Waals surface area contributed by atoms with Gasteiger partial charge in [0.1, 0.15) is 4.21 Å². The molecule has 8 heteroatoms. The maximum absolute atomic E-state index is 12.7. The summed E-state index contributed by atoms with van der Waals surface area (Å²) in [6.07, 6.45) is 4.70. The Morgan fingerprint density at radius 1 is 1.30 bits per heavy atom. The molecule has 2 N–H and O–H groups in total. The Kier molecular flexibility index (Phi) is 6.94. The van der Waals surface area contributed by atoms with Gasteiger partial charge in [-0.2, -0.15) is 0 Å². The van der Waals surface area contributed by atoms with E-state index in [1.165, 1.54) is 24.2 Å². The first-order valence-electron chi connectivity index (χ1n) is 9.92. The van der Waals surface area contributed by atoms with Crippen LogP contribution in [0.2, 0.25) is 0 Å². The van der Waals surface area contributed by atoms with Gasteiger partial charge in [-0.3, -0.25) is 4.79 Å². The number of nitrogens with one attached hydrogen (secondary N) is 2. The Hall–Kier alpha value is -0.960.